The van der Waals surface area contributed by atoms with E-state index in [0.29, 0.717) is 13.0 Å². The van der Waals surface area contributed by atoms with E-state index >= 15 is 0 Å². The van der Waals surface area contributed by atoms with Gasteiger partial charge >= 0.3 is 0 Å². The Morgan fingerprint density at radius 1 is 1.43 bits per heavy atom. The molecule has 21 heavy (non-hydrogen) atoms. The fourth-order valence-corrected chi connectivity index (χ4v) is 4.73. The molecule has 0 unspecified atom stereocenters. The van der Waals surface area contributed by atoms with Crippen molar-refractivity contribution in [3.8, 4) is 11.5 Å². The molecule has 0 spiro atoms. The maximum absolute atomic E-state index is 11.5. The van der Waals surface area contributed by atoms with E-state index in [0.717, 1.165) is 23.5 Å². The fourth-order valence-electron chi connectivity index (χ4n) is 3.02. The van der Waals surface area contributed by atoms with E-state index in [2.05, 4.69) is 5.32 Å². The molecule has 5 nitrogen and oxygen atoms in total. The zero-order chi connectivity index (χ0) is 15.0. The standard InChI is InChI=1S/C15H21NO4S/c1-10-5-11-6-14(19-2)12(7-15(11)20-10)8-16-13-3-4-21(17,18)9-13/h6-7,10,13,16H,3-5,8-9H2,1-2H3/t10-,13-/m1/s1. The number of methoxy groups -OCH3 is 1. The van der Waals surface area contributed by atoms with Gasteiger partial charge in [0, 0.05) is 30.1 Å². The Morgan fingerprint density at radius 2 is 2.24 bits per heavy atom. The Kier molecular flexibility index (Phi) is 3.84. The Balaban J connectivity index is 1.72. The summed E-state index contributed by atoms with van der Waals surface area (Å²) in [6.07, 6.45) is 1.79. The van der Waals surface area contributed by atoms with Crippen molar-refractivity contribution in [2.75, 3.05) is 18.6 Å². The molecule has 0 amide bonds. The van der Waals surface area contributed by atoms with Crippen molar-refractivity contribution in [3.63, 3.8) is 0 Å². The molecule has 116 valence electrons. The summed E-state index contributed by atoms with van der Waals surface area (Å²) >= 11 is 0. The number of rotatable bonds is 4. The van der Waals surface area contributed by atoms with Crippen LogP contribution in [0, 0.1) is 0 Å². The molecule has 3 rings (SSSR count). The van der Waals surface area contributed by atoms with Crippen LogP contribution in [0.2, 0.25) is 0 Å². The summed E-state index contributed by atoms with van der Waals surface area (Å²) in [5.74, 6) is 2.26. The number of fused-ring (bicyclic) bond motifs is 1. The number of hydrogen-bond acceptors (Lipinski definition) is 5. The fraction of sp³-hybridized carbons (Fsp3) is 0.600. The molecule has 0 saturated carbocycles. The van der Waals surface area contributed by atoms with Gasteiger partial charge in [0.1, 0.15) is 17.6 Å². The van der Waals surface area contributed by atoms with Gasteiger partial charge in [-0.3, -0.25) is 0 Å². The smallest absolute Gasteiger partial charge is 0.151 e. The average Bonchev–Trinajstić information content (AvgIpc) is 2.95. The van der Waals surface area contributed by atoms with Crippen molar-refractivity contribution in [1.82, 2.24) is 5.32 Å². The first-order valence-corrected chi connectivity index (χ1v) is 9.09. The minimum absolute atomic E-state index is 0.0350. The lowest BCUT2D eigenvalue weighted by Gasteiger charge is -2.14. The highest BCUT2D eigenvalue weighted by Crippen LogP contribution is 2.35. The van der Waals surface area contributed by atoms with Gasteiger partial charge in [0.2, 0.25) is 0 Å². The van der Waals surface area contributed by atoms with Crippen LogP contribution in [-0.2, 0) is 22.8 Å². The van der Waals surface area contributed by atoms with E-state index < -0.39 is 9.84 Å². The molecule has 0 aliphatic carbocycles. The van der Waals surface area contributed by atoms with Crippen LogP contribution in [0.3, 0.4) is 0 Å². The molecule has 0 radical (unpaired) electrons. The molecule has 0 aromatic heterocycles. The monoisotopic (exact) mass is 311 g/mol. The summed E-state index contributed by atoms with van der Waals surface area (Å²) in [5, 5.41) is 3.32. The first-order valence-electron chi connectivity index (χ1n) is 7.27. The number of benzene rings is 1. The molecular weight excluding hydrogens is 290 g/mol. The molecular formula is C15H21NO4S. The van der Waals surface area contributed by atoms with Crippen LogP contribution in [0.4, 0.5) is 0 Å². The normalized spacial score (nSPS) is 26.4. The van der Waals surface area contributed by atoms with Gasteiger partial charge < -0.3 is 14.8 Å². The van der Waals surface area contributed by atoms with Crippen molar-refractivity contribution < 1.29 is 17.9 Å². The van der Waals surface area contributed by atoms with E-state index in [1.807, 2.05) is 19.1 Å². The van der Waals surface area contributed by atoms with E-state index in [4.69, 9.17) is 9.47 Å². The summed E-state index contributed by atoms with van der Waals surface area (Å²) < 4.78 is 34.2. The molecule has 2 aliphatic heterocycles. The Labute approximate surface area is 125 Å². The van der Waals surface area contributed by atoms with Crippen molar-refractivity contribution in [2.24, 2.45) is 0 Å². The molecule has 1 fully saturated rings. The van der Waals surface area contributed by atoms with E-state index in [1.54, 1.807) is 7.11 Å². The molecule has 1 aromatic carbocycles. The van der Waals surface area contributed by atoms with Gasteiger partial charge in [0.25, 0.3) is 0 Å². The van der Waals surface area contributed by atoms with Crippen LogP contribution in [-0.4, -0.2) is 39.2 Å². The van der Waals surface area contributed by atoms with Crippen molar-refractivity contribution in [2.45, 2.75) is 38.5 Å². The first-order chi connectivity index (χ1) is 9.97. The maximum Gasteiger partial charge on any atom is 0.151 e. The molecule has 2 aliphatic rings. The number of nitrogens with one attached hydrogen (secondary N) is 1. The average molecular weight is 311 g/mol. The summed E-state index contributed by atoms with van der Waals surface area (Å²) in [5.41, 5.74) is 2.18. The molecule has 1 aromatic rings. The third kappa shape index (κ3) is 3.16. The van der Waals surface area contributed by atoms with Crippen LogP contribution in [0.5, 0.6) is 11.5 Å². The largest absolute Gasteiger partial charge is 0.496 e. The summed E-state index contributed by atoms with van der Waals surface area (Å²) in [7, 11) is -1.19. The Morgan fingerprint density at radius 3 is 2.90 bits per heavy atom. The van der Waals surface area contributed by atoms with Gasteiger partial charge in [-0.05, 0) is 25.5 Å². The second kappa shape index (κ2) is 5.50. The minimum Gasteiger partial charge on any atom is -0.496 e. The lowest BCUT2D eigenvalue weighted by Crippen LogP contribution is -2.29. The van der Waals surface area contributed by atoms with Gasteiger partial charge in [-0.2, -0.15) is 0 Å². The summed E-state index contributed by atoms with van der Waals surface area (Å²) in [6.45, 7) is 2.64. The topological polar surface area (TPSA) is 64.6 Å². The van der Waals surface area contributed by atoms with Crippen LogP contribution >= 0.6 is 0 Å². The van der Waals surface area contributed by atoms with Gasteiger partial charge in [0.15, 0.2) is 9.84 Å². The zero-order valence-corrected chi connectivity index (χ0v) is 13.2. The molecule has 0 bridgehead atoms. The van der Waals surface area contributed by atoms with Crippen LogP contribution in [0.15, 0.2) is 12.1 Å². The number of ether oxygens (including phenoxy) is 2. The zero-order valence-electron chi connectivity index (χ0n) is 12.4. The van der Waals surface area contributed by atoms with E-state index in [1.165, 1.54) is 5.56 Å². The lowest BCUT2D eigenvalue weighted by atomic mass is 10.1. The highest BCUT2D eigenvalue weighted by molar-refractivity contribution is 7.91. The number of hydrogen-bond donors (Lipinski definition) is 1. The highest BCUT2D eigenvalue weighted by atomic mass is 32.2. The molecule has 2 atom stereocenters. The molecule has 1 saturated heterocycles. The van der Waals surface area contributed by atoms with Gasteiger partial charge in [-0.15, -0.1) is 0 Å². The molecule has 1 N–H and O–H groups in total. The predicted octanol–water partition coefficient (Wildman–Crippen LogP) is 1.30. The van der Waals surface area contributed by atoms with Crippen molar-refractivity contribution >= 4 is 9.84 Å². The Hall–Kier alpha value is -1.27. The number of sulfone groups is 1. The SMILES string of the molecule is COc1cc2c(cc1CN[C@@H]1CCS(=O)(=O)C1)O[C@H](C)C2. The third-order valence-electron chi connectivity index (χ3n) is 4.11. The second-order valence-electron chi connectivity index (χ2n) is 5.89. The van der Waals surface area contributed by atoms with Crippen LogP contribution < -0.4 is 14.8 Å². The second-order valence-corrected chi connectivity index (χ2v) is 8.11. The van der Waals surface area contributed by atoms with Gasteiger partial charge in [0.05, 0.1) is 18.6 Å². The quantitative estimate of drug-likeness (QED) is 0.908. The van der Waals surface area contributed by atoms with Gasteiger partial charge in [-0.25, -0.2) is 8.42 Å². The Bertz CT molecular complexity index is 641. The summed E-state index contributed by atoms with van der Waals surface area (Å²) in [6, 6.07) is 4.07. The molecule has 6 heteroatoms. The van der Waals surface area contributed by atoms with Gasteiger partial charge in [-0.1, -0.05) is 0 Å². The minimum atomic E-state index is -2.85. The van der Waals surface area contributed by atoms with Crippen molar-refractivity contribution in [3.05, 3.63) is 23.3 Å². The van der Waals surface area contributed by atoms with Crippen molar-refractivity contribution in [1.29, 1.82) is 0 Å². The van der Waals surface area contributed by atoms with E-state index in [-0.39, 0.29) is 23.7 Å². The predicted molar refractivity (Wildman–Crippen MR) is 80.7 cm³/mol. The summed E-state index contributed by atoms with van der Waals surface area (Å²) in [4.78, 5) is 0. The highest BCUT2D eigenvalue weighted by Gasteiger charge is 2.28. The van der Waals surface area contributed by atoms with E-state index in [9.17, 15) is 8.42 Å². The lowest BCUT2D eigenvalue weighted by molar-refractivity contribution is 0.254. The molecule has 2 heterocycles. The van der Waals surface area contributed by atoms with Crippen LogP contribution in [0.25, 0.3) is 0 Å². The first kappa shape index (κ1) is 14.7. The maximum atomic E-state index is 11.5. The van der Waals surface area contributed by atoms with Crippen LogP contribution in [0.1, 0.15) is 24.5 Å². The third-order valence-corrected chi connectivity index (χ3v) is 5.88.